The number of aromatic nitrogens is 2. The fourth-order valence-electron chi connectivity index (χ4n) is 3.90. The van der Waals surface area contributed by atoms with Gasteiger partial charge >= 0.3 is 0 Å². The van der Waals surface area contributed by atoms with Crippen LogP contribution in [0.5, 0.6) is 0 Å². The Balaban J connectivity index is 1.54. The molecule has 1 aromatic heterocycles. The van der Waals surface area contributed by atoms with Crippen LogP contribution >= 0.6 is 0 Å². The molecule has 1 amide bonds. The van der Waals surface area contributed by atoms with Crippen molar-refractivity contribution in [2.45, 2.75) is 39.5 Å². The first kappa shape index (κ1) is 19.3. The van der Waals surface area contributed by atoms with Gasteiger partial charge in [-0.15, -0.1) is 0 Å². The van der Waals surface area contributed by atoms with Crippen molar-refractivity contribution >= 4 is 5.91 Å². The summed E-state index contributed by atoms with van der Waals surface area (Å²) < 4.78 is 0. The lowest BCUT2D eigenvalue weighted by molar-refractivity contribution is 0.0706. The number of nitrogens with zero attached hydrogens (tertiary/aromatic N) is 3. The maximum atomic E-state index is 13.1. The van der Waals surface area contributed by atoms with Gasteiger partial charge in [0.15, 0.2) is 5.82 Å². The van der Waals surface area contributed by atoms with E-state index in [0.29, 0.717) is 6.54 Å². The Bertz CT molecular complexity index is 1030. The first-order chi connectivity index (χ1) is 14.0. The van der Waals surface area contributed by atoms with E-state index in [-0.39, 0.29) is 11.8 Å². The van der Waals surface area contributed by atoms with Crippen molar-refractivity contribution in [3.05, 3.63) is 82.7 Å². The Hall–Kier alpha value is -3.01. The number of carbonyl (C=O) groups is 1. The van der Waals surface area contributed by atoms with Gasteiger partial charge in [0.2, 0.25) is 0 Å². The second-order valence-electron chi connectivity index (χ2n) is 8.06. The first-order valence-electron chi connectivity index (χ1n) is 10.3. The zero-order chi connectivity index (χ0) is 20.4. The van der Waals surface area contributed by atoms with Gasteiger partial charge in [-0.1, -0.05) is 35.9 Å². The number of amides is 1. The van der Waals surface area contributed by atoms with Crippen molar-refractivity contribution < 1.29 is 4.79 Å². The zero-order valence-corrected chi connectivity index (χ0v) is 17.4. The van der Waals surface area contributed by atoms with Crippen LogP contribution < -0.4 is 0 Å². The highest BCUT2D eigenvalue weighted by Gasteiger charge is 2.26. The van der Waals surface area contributed by atoms with Gasteiger partial charge in [0.1, 0.15) is 0 Å². The summed E-state index contributed by atoms with van der Waals surface area (Å²) in [5.74, 6) is 1.11. The molecule has 4 rings (SSSR count). The molecule has 0 radical (unpaired) electrons. The largest absolute Gasteiger partial charge is 0.338 e. The Morgan fingerprint density at radius 1 is 1.00 bits per heavy atom. The lowest BCUT2D eigenvalue weighted by Gasteiger charge is -2.32. The normalized spacial score (nSPS) is 16.7. The van der Waals surface area contributed by atoms with E-state index in [1.165, 1.54) is 11.1 Å². The highest BCUT2D eigenvalue weighted by molar-refractivity contribution is 5.94. The minimum Gasteiger partial charge on any atom is -0.338 e. The van der Waals surface area contributed by atoms with Crippen LogP contribution in [0.1, 0.15) is 51.5 Å². The summed E-state index contributed by atoms with van der Waals surface area (Å²) in [5, 5.41) is 0. The summed E-state index contributed by atoms with van der Waals surface area (Å²) in [6, 6.07) is 16.2. The lowest BCUT2D eigenvalue weighted by Crippen LogP contribution is -2.39. The van der Waals surface area contributed by atoms with Gasteiger partial charge in [-0.25, -0.2) is 9.97 Å². The van der Waals surface area contributed by atoms with Crippen LogP contribution in [0.25, 0.3) is 11.4 Å². The van der Waals surface area contributed by atoms with E-state index in [9.17, 15) is 4.79 Å². The molecule has 1 aliphatic rings. The molecule has 0 saturated carbocycles. The zero-order valence-electron chi connectivity index (χ0n) is 17.4. The molecule has 0 N–H and O–H groups in total. The summed E-state index contributed by atoms with van der Waals surface area (Å²) in [6.45, 7) is 7.71. The molecule has 4 heteroatoms. The average molecular weight is 386 g/mol. The summed E-state index contributed by atoms with van der Waals surface area (Å²) in [7, 11) is 0. The number of hydrogen-bond donors (Lipinski definition) is 0. The second kappa shape index (κ2) is 8.16. The molecule has 0 spiro atoms. The Morgan fingerprint density at radius 3 is 2.55 bits per heavy atom. The molecule has 4 nitrogen and oxygen atoms in total. The molecule has 0 unspecified atom stereocenters. The third-order valence-corrected chi connectivity index (χ3v) is 5.87. The second-order valence-corrected chi connectivity index (χ2v) is 8.06. The average Bonchev–Trinajstić information content (AvgIpc) is 2.76. The highest BCUT2D eigenvalue weighted by Crippen LogP contribution is 2.28. The van der Waals surface area contributed by atoms with Crippen LogP contribution in [0.15, 0.2) is 54.7 Å². The van der Waals surface area contributed by atoms with Gasteiger partial charge in [-0.05, 0) is 62.9 Å². The van der Waals surface area contributed by atoms with E-state index >= 15 is 0 Å². The van der Waals surface area contributed by atoms with Crippen LogP contribution in [-0.4, -0.2) is 33.9 Å². The van der Waals surface area contributed by atoms with Crippen molar-refractivity contribution in [2.75, 3.05) is 13.1 Å². The number of benzene rings is 2. The molecule has 1 saturated heterocycles. The number of rotatable bonds is 3. The van der Waals surface area contributed by atoms with Gasteiger partial charge in [0.25, 0.3) is 5.91 Å². The summed E-state index contributed by atoms with van der Waals surface area (Å²) in [6.07, 6.45) is 3.87. The van der Waals surface area contributed by atoms with Crippen LogP contribution in [0.3, 0.4) is 0 Å². The Kier molecular flexibility index (Phi) is 5.43. The topological polar surface area (TPSA) is 46.1 Å². The predicted octanol–water partition coefficient (Wildman–Crippen LogP) is 5.09. The molecule has 2 heterocycles. The van der Waals surface area contributed by atoms with Crippen molar-refractivity contribution in [3.8, 4) is 11.4 Å². The maximum Gasteiger partial charge on any atom is 0.253 e. The minimum atomic E-state index is 0.116. The molecule has 29 heavy (non-hydrogen) atoms. The fraction of sp³-hybridized carbons (Fsp3) is 0.320. The SMILES string of the molecule is Cc1ccc(-c2nccc([C@@H]3CCCN(C(=O)c4ccc(C)c(C)c4)C3)n2)cc1. The van der Waals surface area contributed by atoms with E-state index in [2.05, 4.69) is 50.0 Å². The van der Waals surface area contributed by atoms with E-state index in [1.54, 1.807) is 0 Å². The Morgan fingerprint density at radius 2 is 1.79 bits per heavy atom. The van der Waals surface area contributed by atoms with Crippen molar-refractivity contribution in [1.29, 1.82) is 0 Å². The lowest BCUT2D eigenvalue weighted by atomic mass is 9.93. The van der Waals surface area contributed by atoms with Gasteiger partial charge in [-0.2, -0.15) is 0 Å². The molecule has 1 atom stereocenters. The number of likely N-dealkylation sites (tertiary alicyclic amines) is 1. The molecule has 0 aliphatic carbocycles. The van der Waals surface area contributed by atoms with Crippen LogP contribution in [0.4, 0.5) is 0 Å². The highest BCUT2D eigenvalue weighted by atomic mass is 16.2. The molecule has 1 fully saturated rings. The number of piperidine rings is 1. The van der Waals surface area contributed by atoms with Crippen molar-refractivity contribution in [2.24, 2.45) is 0 Å². The Labute approximate surface area is 172 Å². The summed E-state index contributed by atoms with van der Waals surface area (Å²) in [4.78, 5) is 24.3. The molecule has 148 valence electrons. The maximum absolute atomic E-state index is 13.1. The smallest absolute Gasteiger partial charge is 0.253 e. The first-order valence-corrected chi connectivity index (χ1v) is 10.3. The molecule has 0 bridgehead atoms. The third kappa shape index (κ3) is 4.21. The third-order valence-electron chi connectivity index (χ3n) is 5.87. The molecular weight excluding hydrogens is 358 g/mol. The quantitative estimate of drug-likeness (QED) is 0.631. The number of hydrogen-bond acceptors (Lipinski definition) is 3. The van der Waals surface area contributed by atoms with E-state index < -0.39 is 0 Å². The standard InChI is InChI=1S/C25H27N3O/c1-17-6-9-20(10-7-17)24-26-13-12-23(27-24)22-5-4-14-28(16-22)25(29)21-11-8-18(2)19(3)15-21/h6-13,15,22H,4-5,14,16H2,1-3H3/t22-/m1/s1. The van der Waals surface area contributed by atoms with Gasteiger partial charge in [-0.3, -0.25) is 4.79 Å². The molecule has 3 aromatic rings. The van der Waals surface area contributed by atoms with Gasteiger partial charge in [0, 0.05) is 42.0 Å². The van der Waals surface area contributed by atoms with E-state index in [0.717, 1.165) is 47.6 Å². The molecule has 2 aromatic carbocycles. The number of aryl methyl sites for hydroxylation is 3. The van der Waals surface area contributed by atoms with Crippen molar-refractivity contribution in [3.63, 3.8) is 0 Å². The van der Waals surface area contributed by atoms with E-state index in [1.807, 2.05) is 35.4 Å². The van der Waals surface area contributed by atoms with Crippen LogP contribution in [0.2, 0.25) is 0 Å². The van der Waals surface area contributed by atoms with Crippen LogP contribution in [-0.2, 0) is 0 Å². The molecule has 1 aliphatic heterocycles. The van der Waals surface area contributed by atoms with Crippen molar-refractivity contribution in [1.82, 2.24) is 14.9 Å². The van der Waals surface area contributed by atoms with Gasteiger partial charge < -0.3 is 4.90 Å². The van der Waals surface area contributed by atoms with Gasteiger partial charge in [0.05, 0.1) is 0 Å². The summed E-state index contributed by atoms with van der Waals surface area (Å²) in [5.41, 5.74) is 6.41. The van der Waals surface area contributed by atoms with E-state index in [4.69, 9.17) is 4.98 Å². The predicted molar refractivity (Wildman–Crippen MR) is 116 cm³/mol. The molecular formula is C25H27N3O. The number of carbonyl (C=O) groups excluding carboxylic acids is 1. The van der Waals surface area contributed by atoms with Crippen LogP contribution in [0, 0.1) is 20.8 Å². The summed E-state index contributed by atoms with van der Waals surface area (Å²) >= 11 is 0. The monoisotopic (exact) mass is 385 g/mol. The minimum absolute atomic E-state index is 0.116. The fourth-order valence-corrected chi connectivity index (χ4v) is 3.90.